The zero-order valence-electron chi connectivity index (χ0n) is 4.04. The van der Waals surface area contributed by atoms with Crippen LogP contribution in [0.1, 0.15) is 0 Å². The zero-order chi connectivity index (χ0) is 5.54. The molecule has 2 N–H and O–H groups in total. The lowest BCUT2D eigenvalue weighted by molar-refractivity contribution is 1.59. The molecule has 2 heteroatoms. The molecular formula is C5H9NS. The highest BCUT2D eigenvalue weighted by molar-refractivity contribution is 7.80. The first-order valence-electron chi connectivity index (χ1n) is 2.06. The third kappa shape index (κ3) is 5.63. The number of nitrogens with two attached hydrogens (primary N) is 1. The topological polar surface area (TPSA) is 26.0 Å². The van der Waals surface area contributed by atoms with E-state index in [9.17, 15) is 0 Å². The molecule has 0 saturated heterocycles. The maximum absolute atomic E-state index is 5.01. The Morgan fingerprint density at radius 2 is 2.14 bits per heavy atom. The van der Waals surface area contributed by atoms with Crippen LogP contribution in [-0.4, -0.2) is 5.75 Å². The van der Waals surface area contributed by atoms with E-state index in [1.165, 1.54) is 6.20 Å². The lowest BCUT2D eigenvalue weighted by atomic mass is 10.5. The van der Waals surface area contributed by atoms with E-state index in [1.54, 1.807) is 6.08 Å². The summed E-state index contributed by atoms with van der Waals surface area (Å²) in [6.45, 7) is 0. The summed E-state index contributed by atoms with van der Waals surface area (Å²) in [4.78, 5) is 0. The Balaban J connectivity index is 3.09. The van der Waals surface area contributed by atoms with E-state index >= 15 is 0 Å². The molecule has 0 aliphatic rings. The maximum Gasteiger partial charge on any atom is 0.00856 e. The molecule has 0 fully saturated rings. The molecule has 0 aromatic heterocycles. The second kappa shape index (κ2) is 5.63. The Morgan fingerprint density at radius 1 is 1.43 bits per heavy atom. The monoisotopic (exact) mass is 115 g/mol. The van der Waals surface area contributed by atoms with Gasteiger partial charge in [-0.25, -0.2) is 0 Å². The fourth-order valence-corrected chi connectivity index (χ4v) is 0.325. The highest BCUT2D eigenvalue weighted by atomic mass is 32.1. The van der Waals surface area contributed by atoms with Crippen molar-refractivity contribution >= 4 is 12.6 Å². The summed E-state index contributed by atoms with van der Waals surface area (Å²) < 4.78 is 0. The molecule has 0 amide bonds. The summed E-state index contributed by atoms with van der Waals surface area (Å²) in [6.07, 6.45) is 7.01. The van der Waals surface area contributed by atoms with Crippen LogP contribution < -0.4 is 5.73 Å². The van der Waals surface area contributed by atoms with E-state index in [2.05, 4.69) is 12.6 Å². The number of hydrogen-bond donors (Lipinski definition) is 2. The average Bonchev–Trinajstić information content (AvgIpc) is 1.69. The van der Waals surface area contributed by atoms with Gasteiger partial charge in [-0.15, -0.1) is 0 Å². The Labute approximate surface area is 49.3 Å². The number of thiol groups is 1. The molecule has 0 spiro atoms. The van der Waals surface area contributed by atoms with Gasteiger partial charge in [-0.05, 0) is 12.3 Å². The summed E-state index contributed by atoms with van der Waals surface area (Å²) in [5, 5.41) is 0. The fourth-order valence-electron chi connectivity index (χ4n) is 0.204. The third-order valence-electron chi connectivity index (χ3n) is 0.464. The van der Waals surface area contributed by atoms with E-state index in [0.717, 1.165) is 5.75 Å². The average molecular weight is 115 g/mol. The molecule has 0 bridgehead atoms. The SMILES string of the molecule is N/C=C\C=C/CS. The van der Waals surface area contributed by atoms with Crippen LogP contribution in [-0.2, 0) is 0 Å². The Bertz CT molecular complexity index is 76.1. The van der Waals surface area contributed by atoms with Crippen LogP contribution >= 0.6 is 12.6 Å². The van der Waals surface area contributed by atoms with Crippen molar-refractivity contribution in [3.8, 4) is 0 Å². The molecule has 1 nitrogen and oxygen atoms in total. The lowest BCUT2D eigenvalue weighted by Gasteiger charge is -1.70. The first-order valence-corrected chi connectivity index (χ1v) is 2.69. The van der Waals surface area contributed by atoms with E-state index in [-0.39, 0.29) is 0 Å². The maximum atomic E-state index is 5.01. The van der Waals surface area contributed by atoms with Gasteiger partial charge in [0.25, 0.3) is 0 Å². The number of hydrogen-bond acceptors (Lipinski definition) is 2. The normalized spacial score (nSPS) is 11.6. The van der Waals surface area contributed by atoms with Crippen molar-refractivity contribution in [1.29, 1.82) is 0 Å². The predicted molar refractivity (Wildman–Crippen MR) is 36.3 cm³/mol. The molecule has 0 aromatic rings. The molecular weight excluding hydrogens is 106 g/mol. The number of rotatable bonds is 2. The van der Waals surface area contributed by atoms with E-state index in [1.807, 2.05) is 12.2 Å². The Kier molecular flexibility index (Phi) is 5.33. The van der Waals surface area contributed by atoms with Gasteiger partial charge in [0.1, 0.15) is 0 Å². The van der Waals surface area contributed by atoms with Crippen LogP contribution in [0.25, 0.3) is 0 Å². The van der Waals surface area contributed by atoms with Gasteiger partial charge in [-0.1, -0.05) is 12.2 Å². The standard InChI is InChI=1S/C5H9NS/c6-4-2-1-3-5-7/h1-4,7H,5-6H2/b3-1-,4-2-. The molecule has 0 unspecified atom stereocenters. The van der Waals surface area contributed by atoms with Gasteiger partial charge >= 0.3 is 0 Å². The molecule has 0 saturated carbocycles. The van der Waals surface area contributed by atoms with Gasteiger partial charge in [0, 0.05) is 5.75 Å². The fraction of sp³-hybridized carbons (Fsp3) is 0.200. The van der Waals surface area contributed by atoms with Crippen molar-refractivity contribution in [2.45, 2.75) is 0 Å². The van der Waals surface area contributed by atoms with Gasteiger partial charge in [0.15, 0.2) is 0 Å². The van der Waals surface area contributed by atoms with Crippen molar-refractivity contribution in [1.82, 2.24) is 0 Å². The van der Waals surface area contributed by atoms with Crippen LogP contribution in [0.2, 0.25) is 0 Å². The second-order valence-corrected chi connectivity index (χ2v) is 1.36. The minimum Gasteiger partial charge on any atom is -0.405 e. The van der Waals surface area contributed by atoms with Crippen LogP contribution in [0.5, 0.6) is 0 Å². The molecule has 7 heavy (non-hydrogen) atoms. The van der Waals surface area contributed by atoms with Gasteiger partial charge in [0.2, 0.25) is 0 Å². The summed E-state index contributed by atoms with van der Waals surface area (Å²) >= 11 is 3.93. The van der Waals surface area contributed by atoms with E-state index in [0.29, 0.717) is 0 Å². The predicted octanol–water partition coefficient (Wildman–Crippen LogP) is 0.945. The minimum absolute atomic E-state index is 0.768. The van der Waals surface area contributed by atoms with Crippen molar-refractivity contribution < 1.29 is 0 Å². The Hall–Kier alpha value is -0.370. The van der Waals surface area contributed by atoms with Crippen LogP contribution in [0.4, 0.5) is 0 Å². The summed E-state index contributed by atoms with van der Waals surface area (Å²) in [5.41, 5.74) is 5.01. The van der Waals surface area contributed by atoms with Crippen molar-refractivity contribution in [3.63, 3.8) is 0 Å². The molecule has 0 aromatic carbocycles. The molecule has 0 rings (SSSR count). The van der Waals surface area contributed by atoms with Crippen LogP contribution in [0.15, 0.2) is 24.4 Å². The minimum atomic E-state index is 0.768. The lowest BCUT2D eigenvalue weighted by Crippen LogP contribution is -1.72. The molecule has 0 aliphatic carbocycles. The quantitative estimate of drug-likeness (QED) is 0.406. The zero-order valence-corrected chi connectivity index (χ0v) is 4.94. The van der Waals surface area contributed by atoms with E-state index < -0.39 is 0 Å². The first kappa shape index (κ1) is 6.63. The summed E-state index contributed by atoms with van der Waals surface area (Å²) in [7, 11) is 0. The van der Waals surface area contributed by atoms with Crippen LogP contribution in [0.3, 0.4) is 0 Å². The van der Waals surface area contributed by atoms with Gasteiger partial charge in [-0.2, -0.15) is 12.6 Å². The highest BCUT2D eigenvalue weighted by Crippen LogP contribution is 1.76. The first-order chi connectivity index (χ1) is 3.41. The highest BCUT2D eigenvalue weighted by Gasteiger charge is 1.58. The summed E-state index contributed by atoms with van der Waals surface area (Å²) in [6, 6.07) is 0. The van der Waals surface area contributed by atoms with Crippen molar-refractivity contribution in [3.05, 3.63) is 24.4 Å². The van der Waals surface area contributed by atoms with Crippen molar-refractivity contribution in [2.75, 3.05) is 5.75 Å². The van der Waals surface area contributed by atoms with E-state index in [4.69, 9.17) is 5.73 Å². The number of allylic oxidation sites excluding steroid dienone is 2. The molecule has 0 heterocycles. The van der Waals surface area contributed by atoms with Crippen molar-refractivity contribution in [2.24, 2.45) is 5.73 Å². The molecule has 0 radical (unpaired) electrons. The van der Waals surface area contributed by atoms with Gasteiger partial charge in [0.05, 0.1) is 0 Å². The Morgan fingerprint density at radius 3 is 2.57 bits per heavy atom. The molecule has 0 aliphatic heterocycles. The second-order valence-electron chi connectivity index (χ2n) is 0.996. The largest absolute Gasteiger partial charge is 0.405 e. The third-order valence-corrected chi connectivity index (χ3v) is 0.675. The summed E-state index contributed by atoms with van der Waals surface area (Å²) in [5.74, 6) is 0.768. The smallest absolute Gasteiger partial charge is 0.00856 e. The van der Waals surface area contributed by atoms with Crippen LogP contribution in [0, 0.1) is 0 Å². The molecule has 40 valence electrons. The van der Waals surface area contributed by atoms with Gasteiger partial charge < -0.3 is 5.73 Å². The van der Waals surface area contributed by atoms with Gasteiger partial charge in [-0.3, -0.25) is 0 Å². The molecule has 0 atom stereocenters.